The average molecular weight is 1040 g/mol. The van der Waals surface area contributed by atoms with Gasteiger partial charge in [0, 0.05) is 51.5 Å². The molecule has 0 spiro atoms. The first-order chi connectivity index (χ1) is 33.5. The van der Waals surface area contributed by atoms with Crippen LogP contribution in [0.2, 0.25) is 5.02 Å². The highest BCUT2D eigenvalue weighted by atomic mass is 35.5. The number of ether oxygens (including phenoxy) is 5. The lowest BCUT2D eigenvalue weighted by Crippen LogP contribution is -2.63. The fourth-order valence-corrected chi connectivity index (χ4v) is 9.46. The van der Waals surface area contributed by atoms with Crippen molar-refractivity contribution in [1.82, 2.24) is 26.6 Å². The quantitative estimate of drug-likeness (QED) is 0.0672. The Morgan fingerprint density at radius 2 is 1.76 bits per heavy atom. The molecule has 4 bridgehead atoms. The van der Waals surface area contributed by atoms with E-state index in [-0.39, 0.29) is 36.7 Å². The number of hydrogen-bond acceptors (Lipinski definition) is 13. The van der Waals surface area contributed by atoms with Gasteiger partial charge >= 0.3 is 18.2 Å². The van der Waals surface area contributed by atoms with Crippen LogP contribution in [0.15, 0.2) is 60.2 Å². The Kier molecular flexibility index (Phi) is 19.4. The Bertz CT molecular complexity index is 2380. The summed E-state index contributed by atoms with van der Waals surface area (Å²) in [6, 6.07) is 7.92. The number of nitrogens with two attached hydrogens (primary N) is 1. The number of rotatable bonds is 14. The van der Waals surface area contributed by atoms with Crippen molar-refractivity contribution in [3.05, 3.63) is 70.8 Å². The average Bonchev–Trinajstić information content (AvgIpc) is 4.01. The smallest absolute Gasteiger partial charge is 0.412 e. The lowest BCUT2D eigenvalue weighted by Gasteiger charge is -2.42. The number of thiocarbonyl (C=S) groups is 2. The normalized spacial score (nSPS) is 26.3. The van der Waals surface area contributed by atoms with Gasteiger partial charge < -0.3 is 66.0 Å². The van der Waals surface area contributed by atoms with Gasteiger partial charge in [0.2, 0.25) is 11.8 Å². The second-order valence-electron chi connectivity index (χ2n) is 18.3. The molecule has 9 atom stereocenters. The third kappa shape index (κ3) is 14.7. The molecule has 0 radical (unpaired) electrons. The number of nitrogens with zero attached hydrogens (tertiary/aromatic N) is 1. The molecule has 2 saturated heterocycles. The summed E-state index contributed by atoms with van der Waals surface area (Å²) in [6.07, 6.45) is 0.304. The molecule has 20 nitrogen and oxygen atoms in total. The highest BCUT2D eigenvalue weighted by Crippen LogP contribution is 2.49. The van der Waals surface area contributed by atoms with Gasteiger partial charge in [-0.15, -0.1) is 0 Å². The van der Waals surface area contributed by atoms with E-state index in [4.69, 9.17) is 65.5 Å². The van der Waals surface area contributed by atoms with Crippen molar-refractivity contribution in [2.24, 2.45) is 17.6 Å². The van der Waals surface area contributed by atoms with Crippen LogP contribution >= 0.6 is 36.0 Å². The largest absolute Gasteiger partial charge is 0.495 e. The van der Waals surface area contributed by atoms with Crippen molar-refractivity contribution in [1.29, 1.82) is 0 Å². The maximum atomic E-state index is 14.3. The second-order valence-corrected chi connectivity index (χ2v) is 19.5. The van der Waals surface area contributed by atoms with Gasteiger partial charge in [0.15, 0.2) is 10.8 Å². The molecule has 0 aliphatic carbocycles. The molecule has 3 aliphatic rings. The number of halogens is 1. The standard InChI is InChI=1S/C48H66ClN9O11S2/c1-25(2)39(56-44(71)51-6)42(70)55-31(13-11-19-52-43(50)61)41(60)53-29-15-17-30(18-16-29)54-45(62)68-36-23-37(59)58(7)32-21-28(22-33(65-8)38(32)49)20-26(3)12-10-14-35(66-9)48(64)24-34(67-46(63)57-48)27(4)40-47(36,5)69-40/h10,12,14-18,21-22,25,27,31,34-36,39-40,64H,11,13,19-20,23-24H2,1-9H3,(H,53,60)(H,54,62)(H,55,70)(H,57,63)(H3,50,52,61)(H2,51,56,71)/b14-10+,26-12+/t27-,31+,34+,35-,36+,39+,40+,47+,48+/m1/s1. The van der Waals surface area contributed by atoms with E-state index in [9.17, 15) is 29.1 Å². The fraction of sp³-hybridized carbons (Fsp3) is 0.521. The number of amides is 6. The van der Waals surface area contributed by atoms with Gasteiger partial charge in [-0.25, -0.2) is 14.4 Å². The zero-order valence-electron chi connectivity index (χ0n) is 41.3. The van der Waals surface area contributed by atoms with E-state index in [1.165, 1.54) is 19.1 Å². The molecule has 71 heavy (non-hydrogen) atoms. The van der Waals surface area contributed by atoms with Crippen molar-refractivity contribution in [3.63, 3.8) is 0 Å². The van der Waals surface area contributed by atoms with Crippen molar-refractivity contribution < 1.29 is 52.8 Å². The van der Waals surface area contributed by atoms with Crippen LogP contribution in [0.3, 0.4) is 0 Å². The molecule has 3 heterocycles. The van der Waals surface area contributed by atoms with Gasteiger partial charge in [-0.2, -0.15) is 0 Å². The zero-order chi connectivity index (χ0) is 52.4. The number of aliphatic hydroxyl groups is 1. The number of carbonyl (C=O) groups is 5. The van der Waals surface area contributed by atoms with Gasteiger partial charge in [-0.3, -0.25) is 20.2 Å². The number of methoxy groups -OCH3 is 2. The van der Waals surface area contributed by atoms with Crippen LogP contribution in [0.25, 0.3) is 0 Å². The molecule has 2 aromatic rings. The molecule has 2 aromatic carbocycles. The van der Waals surface area contributed by atoms with Crippen molar-refractivity contribution >= 4 is 93.2 Å². The van der Waals surface area contributed by atoms with Gasteiger partial charge in [0.05, 0.1) is 36.4 Å². The van der Waals surface area contributed by atoms with E-state index in [0.717, 1.165) is 11.1 Å². The van der Waals surface area contributed by atoms with E-state index in [0.29, 0.717) is 45.8 Å². The summed E-state index contributed by atoms with van der Waals surface area (Å²) in [5, 5.41) is 32.2. The highest BCUT2D eigenvalue weighted by molar-refractivity contribution is 7.80. The topological polar surface area (TPSA) is 268 Å². The van der Waals surface area contributed by atoms with E-state index in [2.05, 4.69) is 37.2 Å². The minimum absolute atomic E-state index is 0.00748. The SMILES string of the molecule is CNC(=S)N[C@H](C(=S)N[C@@H](CCCNC(N)=O)C(=O)Nc1ccc(NC(=O)O[C@H]2CC(=O)N(C)c3cc(cc(OC)c3Cl)C/C(C)=C/C=C/[C@@H](OC)[C@@]3(O)C[C@H](OC(=O)N3)[C@@H](C)[C@@H]3O[C@@]23C)cc1)C(C)C. The van der Waals surface area contributed by atoms with E-state index >= 15 is 0 Å². The number of primary amides is 1. The van der Waals surface area contributed by atoms with Crippen LogP contribution in [0.1, 0.15) is 65.9 Å². The Balaban J connectivity index is 1.38. The van der Waals surface area contributed by atoms with Crippen molar-refractivity contribution in [2.75, 3.05) is 50.4 Å². The monoisotopic (exact) mass is 1040 g/mol. The lowest BCUT2D eigenvalue weighted by molar-refractivity contribution is -0.142. The number of carbonyl (C=O) groups excluding carboxylic acids is 5. The first kappa shape index (κ1) is 56.1. The zero-order valence-corrected chi connectivity index (χ0v) is 43.7. The number of nitrogens with one attached hydrogen (secondary N) is 7. The molecular formula is C48H66ClN9O11S2. The molecule has 0 unspecified atom stereocenters. The molecule has 23 heteroatoms. The first-order valence-corrected chi connectivity index (χ1v) is 24.3. The number of fused-ring (bicyclic) bond motifs is 5. The third-order valence-electron chi connectivity index (χ3n) is 12.7. The summed E-state index contributed by atoms with van der Waals surface area (Å²) < 4.78 is 29.3. The van der Waals surface area contributed by atoms with Gasteiger partial charge in [-0.05, 0) is 93.2 Å². The van der Waals surface area contributed by atoms with E-state index < -0.39 is 83.8 Å². The van der Waals surface area contributed by atoms with Gasteiger partial charge in [0.25, 0.3) is 0 Å². The van der Waals surface area contributed by atoms with Crippen molar-refractivity contribution in [3.8, 4) is 5.75 Å². The minimum atomic E-state index is -1.87. The summed E-state index contributed by atoms with van der Waals surface area (Å²) in [5.41, 5.74) is 4.82. The number of epoxide rings is 1. The van der Waals surface area contributed by atoms with Crippen molar-refractivity contribution in [2.45, 2.75) is 115 Å². The second kappa shape index (κ2) is 24.6. The molecule has 2 fully saturated rings. The maximum absolute atomic E-state index is 14.3. The molecule has 0 saturated carbocycles. The fourth-order valence-electron chi connectivity index (χ4n) is 8.54. The van der Waals surface area contributed by atoms with Crippen LogP contribution in [-0.4, -0.2) is 128 Å². The number of benzene rings is 2. The van der Waals surface area contributed by atoms with Crippen LogP contribution in [-0.2, 0) is 35.0 Å². The number of alkyl carbamates (subject to hydrolysis) is 1. The Morgan fingerprint density at radius 3 is 2.38 bits per heavy atom. The minimum Gasteiger partial charge on any atom is -0.495 e. The molecule has 5 rings (SSSR count). The van der Waals surface area contributed by atoms with Gasteiger partial charge in [0.1, 0.15) is 40.7 Å². The van der Waals surface area contributed by atoms with E-state index in [1.54, 1.807) is 76.5 Å². The number of allylic oxidation sites excluding steroid dienone is 3. The summed E-state index contributed by atoms with van der Waals surface area (Å²) in [5.74, 6) is -1.11. The Hall–Kier alpha value is -5.78. The van der Waals surface area contributed by atoms with Crippen LogP contribution in [0.4, 0.5) is 31.4 Å². The summed E-state index contributed by atoms with van der Waals surface area (Å²) in [4.78, 5) is 67.9. The maximum Gasteiger partial charge on any atom is 0.412 e. The molecule has 3 aliphatic heterocycles. The Morgan fingerprint density at radius 1 is 1.08 bits per heavy atom. The predicted octanol–water partition coefficient (Wildman–Crippen LogP) is 5.16. The number of hydrogen-bond donors (Lipinski definition) is 9. The Labute approximate surface area is 429 Å². The lowest BCUT2D eigenvalue weighted by atomic mass is 9.83. The predicted molar refractivity (Wildman–Crippen MR) is 278 cm³/mol. The number of anilines is 3. The summed E-state index contributed by atoms with van der Waals surface area (Å²) in [6.45, 7) is 9.54. The highest BCUT2D eigenvalue weighted by Gasteiger charge is 2.64. The first-order valence-electron chi connectivity index (χ1n) is 23.1. The molecular weight excluding hydrogens is 978 g/mol. The van der Waals surface area contributed by atoms with Crippen LogP contribution < -0.4 is 52.6 Å². The molecule has 388 valence electrons. The van der Waals surface area contributed by atoms with Gasteiger partial charge in [-0.1, -0.05) is 68.4 Å². The summed E-state index contributed by atoms with van der Waals surface area (Å²) >= 11 is 17.8. The number of urea groups is 1. The molecule has 0 aromatic heterocycles. The van der Waals surface area contributed by atoms with Crippen LogP contribution in [0.5, 0.6) is 5.75 Å². The van der Waals surface area contributed by atoms with E-state index in [1.807, 2.05) is 26.8 Å². The van der Waals surface area contributed by atoms with Crippen LogP contribution in [0, 0.1) is 11.8 Å². The third-order valence-corrected chi connectivity index (χ3v) is 13.7. The molecule has 6 amide bonds. The summed E-state index contributed by atoms with van der Waals surface area (Å²) in [7, 11) is 6.14. The molecule has 10 N–H and O–H groups in total.